The van der Waals surface area contributed by atoms with Crippen molar-refractivity contribution in [2.24, 2.45) is 17.8 Å². The molecule has 1 saturated carbocycles. The fourth-order valence-corrected chi connectivity index (χ4v) is 5.35. The van der Waals surface area contributed by atoms with Gasteiger partial charge in [0, 0.05) is 10.5 Å². The highest BCUT2D eigenvalue weighted by Gasteiger charge is 2.24. The average Bonchev–Trinajstić information content (AvgIpc) is 3.06. The minimum atomic E-state index is -0.0609. The van der Waals surface area contributed by atoms with Crippen LogP contribution in [0, 0.1) is 17.8 Å². The highest BCUT2D eigenvalue weighted by atomic mass is 32.1. The molecule has 4 heteroatoms. The van der Waals surface area contributed by atoms with Crippen LogP contribution in [0.15, 0.2) is 29.6 Å². The highest BCUT2D eigenvalue weighted by molar-refractivity contribution is 7.20. The van der Waals surface area contributed by atoms with E-state index in [0.717, 1.165) is 46.3 Å². The Bertz CT molecular complexity index is 667. The largest absolute Gasteiger partial charge is 0.207 e. The fourth-order valence-electron chi connectivity index (χ4n) is 4.50. The Balaban J connectivity index is 1.55. The monoisotopic (exact) mass is 366 g/mol. The summed E-state index contributed by atoms with van der Waals surface area (Å²) in [6.07, 6.45) is 10.9. The smallest absolute Gasteiger partial charge is 0.128 e. The van der Waals surface area contributed by atoms with Crippen molar-refractivity contribution in [3.8, 4) is 0 Å². The van der Waals surface area contributed by atoms with Gasteiger partial charge in [0.25, 0.3) is 0 Å². The second-order valence-electron chi connectivity index (χ2n) is 8.38. The van der Waals surface area contributed by atoms with Gasteiger partial charge in [-0.25, -0.2) is 4.39 Å². The van der Waals surface area contributed by atoms with E-state index in [2.05, 4.69) is 13.8 Å². The number of rotatable bonds is 6. The maximum atomic E-state index is 14.6. The predicted molar refractivity (Wildman–Crippen MR) is 114 cm³/mol. The van der Waals surface area contributed by atoms with E-state index in [4.69, 9.17) is 15.7 Å². The Morgan fingerprint density at radius 1 is 1.12 bits per heavy atom. The van der Waals surface area contributed by atoms with Crippen LogP contribution in [0.5, 0.6) is 0 Å². The molecule has 4 radical (unpaired) electrons. The number of allylic oxidation sites excluding steroid dienone is 4. The lowest BCUT2D eigenvalue weighted by Gasteiger charge is -2.32. The first-order chi connectivity index (χ1) is 12.4. The molecule has 3 rings (SSSR count). The highest BCUT2D eigenvalue weighted by Crippen LogP contribution is 2.39. The van der Waals surface area contributed by atoms with Crippen molar-refractivity contribution in [3.63, 3.8) is 0 Å². The number of hydrogen-bond donors (Lipinski definition) is 0. The molecule has 2 aliphatic rings. The van der Waals surface area contributed by atoms with Gasteiger partial charge in [0.15, 0.2) is 0 Å². The van der Waals surface area contributed by atoms with E-state index in [9.17, 15) is 4.39 Å². The summed E-state index contributed by atoms with van der Waals surface area (Å²) in [6, 6.07) is 3.80. The van der Waals surface area contributed by atoms with Gasteiger partial charge in [-0.05, 0) is 60.4 Å². The van der Waals surface area contributed by atoms with E-state index in [0.29, 0.717) is 11.7 Å². The molecule has 0 aliphatic heterocycles. The molecular formula is C22H29B2FS. The van der Waals surface area contributed by atoms with Crippen molar-refractivity contribution in [1.82, 2.24) is 0 Å². The molecule has 2 atom stereocenters. The van der Waals surface area contributed by atoms with Crippen LogP contribution in [0.3, 0.4) is 0 Å². The van der Waals surface area contributed by atoms with Gasteiger partial charge in [-0.3, -0.25) is 0 Å². The van der Waals surface area contributed by atoms with Crippen molar-refractivity contribution in [2.45, 2.75) is 71.0 Å². The molecule has 0 saturated heterocycles. The van der Waals surface area contributed by atoms with Crippen LogP contribution in [0.2, 0.25) is 5.82 Å². The summed E-state index contributed by atoms with van der Waals surface area (Å²) in [4.78, 5) is 0.979. The van der Waals surface area contributed by atoms with Gasteiger partial charge in [0.05, 0.1) is 7.85 Å². The van der Waals surface area contributed by atoms with E-state index in [-0.39, 0.29) is 5.83 Å². The summed E-state index contributed by atoms with van der Waals surface area (Å²) < 4.78 is 15.4. The first-order valence-corrected chi connectivity index (χ1v) is 11.0. The molecule has 1 heterocycles. The van der Waals surface area contributed by atoms with Gasteiger partial charge < -0.3 is 0 Å². The van der Waals surface area contributed by atoms with Crippen LogP contribution >= 0.6 is 11.3 Å². The molecule has 2 unspecified atom stereocenters. The summed E-state index contributed by atoms with van der Waals surface area (Å²) in [6.45, 7) is 4.65. The summed E-state index contributed by atoms with van der Waals surface area (Å²) in [5.41, 5.74) is 2.10. The third-order valence-corrected chi connectivity index (χ3v) is 7.47. The minimum Gasteiger partial charge on any atom is -0.207 e. The first-order valence-electron chi connectivity index (χ1n) is 10.1. The van der Waals surface area contributed by atoms with Gasteiger partial charge >= 0.3 is 0 Å². The third-order valence-electron chi connectivity index (χ3n) is 6.50. The van der Waals surface area contributed by atoms with E-state index < -0.39 is 0 Å². The zero-order valence-corrected chi connectivity index (χ0v) is 17.0. The van der Waals surface area contributed by atoms with Crippen molar-refractivity contribution in [1.29, 1.82) is 0 Å². The molecule has 1 aromatic rings. The SMILES string of the molecule is [B]c1ccc(C2=C(F)C=C(C(C)CCC(C)C3CCC([B])CC3)CC2)s1. The molecule has 1 fully saturated rings. The van der Waals surface area contributed by atoms with Gasteiger partial charge in [0.2, 0.25) is 0 Å². The molecule has 2 aliphatic carbocycles. The lowest BCUT2D eigenvalue weighted by Crippen LogP contribution is -2.19. The Morgan fingerprint density at radius 2 is 1.85 bits per heavy atom. The average molecular weight is 366 g/mol. The molecular weight excluding hydrogens is 337 g/mol. The normalized spacial score (nSPS) is 26.5. The topological polar surface area (TPSA) is 0 Å². The second-order valence-corrected chi connectivity index (χ2v) is 9.49. The lowest BCUT2D eigenvalue weighted by molar-refractivity contribution is 0.243. The van der Waals surface area contributed by atoms with E-state index in [1.165, 1.54) is 49.0 Å². The van der Waals surface area contributed by atoms with Crippen LogP contribution in [0.4, 0.5) is 4.39 Å². The van der Waals surface area contributed by atoms with Crippen molar-refractivity contribution >= 4 is 37.4 Å². The Labute approximate surface area is 165 Å². The van der Waals surface area contributed by atoms with E-state index >= 15 is 0 Å². The fraction of sp³-hybridized carbons (Fsp3) is 0.636. The zero-order valence-electron chi connectivity index (χ0n) is 16.1. The van der Waals surface area contributed by atoms with Crippen LogP contribution in [-0.2, 0) is 0 Å². The van der Waals surface area contributed by atoms with Gasteiger partial charge in [-0.1, -0.05) is 57.0 Å². The molecule has 0 nitrogen and oxygen atoms in total. The van der Waals surface area contributed by atoms with E-state index in [1.807, 2.05) is 12.1 Å². The Kier molecular flexibility index (Phi) is 6.88. The maximum absolute atomic E-state index is 14.6. The number of thiophene rings is 1. The van der Waals surface area contributed by atoms with Crippen LogP contribution in [-0.4, -0.2) is 15.7 Å². The van der Waals surface area contributed by atoms with Crippen molar-refractivity contribution < 1.29 is 4.39 Å². The molecule has 0 aromatic carbocycles. The maximum Gasteiger partial charge on any atom is 0.128 e. The first kappa shape index (κ1) is 20.0. The molecule has 0 bridgehead atoms. The second kappa shape index (κ2) is 8.95. The predicted octanol–water partition coefficient (Wildman–Crippen LogP) is 6.14. The summed E-state index contributed by atoms with van der Waals surface area (Å²) in [7, 11) is 11.8. The standard InChI is InChI=1S/C22H29B2FS/c1-14(16-5-8-18(23)9-6-16)3-4-15(2)17-7-10-19(20(25)13-17)21-11-12-22(24)26-21/h11-16,18H,3-10H2,1-2H3. The van der Waals surface area contributed by atoms with Crippen molar-refractivity contribution in [2.75, 3.05) is 0 Å². The van der Waals surface area contributed by atoms with Gasteiger partial charge in [-0.15, -0.1) is 0 Å². The lowest BCUT2D eigenvalue weighted by atomic mass is 9.68. The third kappa shape index (κ3) is 4.94. The molecule has 136 valence electrons. The molecule has 0 amide bonds. The zero-order chi connectivity index (χ0) is 18.7. The molecule has 0 spiro atoms. The molecule has 26 heavy (non-hydrogen) atoms. The quantitative estimate of drug-likeness (QED) is 0.531. The summed E-state index contributed by atoms with van der Waals surface area (Å²) in [5.74, 6) is 2.40. The van der Waals surface area contributed by atoms with Crippen LogP contribution < -0.4 is 4.78 Å². The Morgan fingerprint density at radius 3 is 2.46 bits per heavy atom. The Hall–Kier alpha value is -0.760. The van der Waals surface area contributed by atoms with E-state index in [1.54, 1.807) is 6.08 Å². The van der Waals surface area contributed by atoms with Crippen LogP contribution in [0.25, 0.3) is 5.57 Å². The molecule has 0 N–H and O–H groups in total. The summed E-state index contributed by atoms with van der Waals surface area (Å²) in [5, 5.41) is 0. The minimum absolute atomic E-state index is 0.0609. The number of halogens is 1. The summed E-state index contributed by atoms with van der Waals surface area (Å²) >= 11 is 1.48. The molecule has 1 aromatic heterocycles. The van der Waals surface area contributed by atoms with Crippen molar-refractivity contribution in [3.05, 3.63) is 34.5 Å². The van der Waals surface area contributed by atoms with Crippen LogP contribution in [0.1, 0.15) is 70.1 Å². The van der Waals surface area contributed by atoms with Gasteiger partial charge in [-0.2, -0.15) is 11.3 Å². The number of hydrogen-bond acceptors (Lipinski definition) is 1. The van der Waals surface area contributed by atoms with Gasteiger partial charge in [0.1, 0.15) is 13.7 Å².